The van der Waals surface area contributed by atoms with E-state index in [2.05, 4.69) is 9.97 Å². The first-order valence-corrected chi connectivity index (χ1v) is 9.08. The molecule has 1 aromatic carbocycles. The molecule has 0 saturated carbocycles. The summed E-state index contributed by atoms with van der Waals surface area (Å²) in [7, 11) is 0. The highest BCUT2D eigenvalue weighted by Gasteiger charge is 2.30. The summed E-state index contributed by atoms with van der Waals surface area (Å²) in [6, 6.07) is 15.4. The van der Waals surface area contributed by atoms with Crippen molar-refractivity contribution in [1.82, 2.24) is 9.97 Å². The van der Waals surface area contributed by atoms with Crippen molar-refractivity contribution in [2.75, 3.05) is 6.61 Å². The van der Waals surface area contributed by atoms with E-state index in [4.69, 9.17) is 9.47 Å². The number of aromatic nitrogens is 2. The second-order valence-corrected chi connectivity index (χ2v) is 6.84. The number of ether oxygens (including phenoxy) is 2. The Morgan fingerprint density at radius 1 is 1.19 bits per heavy atom. The first kappa shape index (κ1) is 17.5. The first-order chi connectivity index (χ1) is 13.2. The van der Waals surface area contributed by atoms with Crippen LogP contribution in [-0.4, -0.2) is 21.7 Å². The van der Waals surface area contributed by atoms with Gasteiger partial charge < -0.3 is 14.6 Å². The molecule has 1 N–H and O–H groups in total. The minimum atomic E-state index is -0.602. The van der Waals surface area contributed by atoms with Gasteiger partial charge in [0.25, 0.3) is 0 Å². The van der Waals surface area contributed by atoms with Gasteiger partial charge in [-0.2, -0.15) is 0 Å². The van der Waals surface area contributed by atoms with E-state index < -0.39 is 6.10 Å². The molecule has 2 unspecified atom stereocenters. The third kappa shape index (κ3) is 4.09. The molecule has 0 aliphatic carbocycles. The number of nitrogens with zero attached hydrogens (tertiary/aromatic N) is 2. The number of benzene rings is 1. The van der Waals surface area contributed by atoms with Gasteiger partial charge in [0.15, 0.2) is 0 Å². The van der Waals surface area contributed by atoms with E-state index in [9.17, 15) is 5.11 Å². The van der Waals surface area contributed by atoms with Crippen molar-refractivity contribution in [2.45, 2.75) is 26.1 Å². The predicted molar refractivity (Wildman–Crippen MR) is 102 cm³/mol. The van der Waals surface area contributed by atoms with Gasteiger partial charge in [-0.05, 0) is 55.3 Å². The zero-order valence-corrected chi connectivity index (χ0v) is 15.2. The Kier molecular flexibility index (Phi) is 5.03. The van der Waals surface area contributed by atoms with Gasteiger partial charge in [-0.3, -0.25) is 9.97 Å². The summed E-state index contributed by atoms with van der Waals surface area (Å²) in [6.07, 6.45) is 3.69. The molecule has 0 amide bonds. The van der Waals surface area contributed by atoms with E-state index in [0.717, 1.165) is 22.5 Å². The summed E-state index contributed by atoms with van der Waals surface area (Å²) in [5, 5.41) is 10.9. The highest BCUT2D eigenvalue weighted by atomic mass is 16.5. The summed E-state index contributed by atoms with van der Waals surface area (Å²) >= 11 is 0. The molecule has 3 heterocycles. The van der Waals surface area contributed by atoms with Crippen molar-refractivity contribution < 1.29 is 14.6 Å². The molecule has 0 bridgehead atoms. The van der Waals surface area contributed by atoms with Crippen molar-refractivity contribution >= 4 is 0 Å². The van der Waals surface area contributed by atoms with E-state index in [1.165, 1.54) is 0 Å². The molecule has 2 aromatic heterocycles. The van der Waals surface area contributed by atoms with Crippen LogP contribution in [-0.2, 0) is 13.0 Å². The standard InChI is InChI=1S/C22H22N2O3/c1-15-4-2-6-18(24-15)14-26-19-7-8-21-20(11-19)22(25)17(13-27-21)10-16-5-3-9-23-12-16/h2-9,11-12,17,22,25H,10,13-14H2,1H3. The smallest absolute Gasteiger partial charge is 0.130 e. The fourth-order valence-corrected chi connectivity index (χ4v) is 3.35. The maximum atomic E-state index is 10.9. The van der Waals surface area contributed by atoms with E-state index >= 15 is 0 Å². The number of hydrogen-bond donors (Lipinski definition) is 1. The van der Waals surface area contributed by atoms with Crippen molar-refractivity contribution in [2.24, 2.45) is 5.92 Å². The summed E-state index contributed by atoms with van der Waals surface area (Å²) < 4.78 is 11.7. The van der Waals surface area contributed by atoms with Crippen LogP contribution in [0.25, 0.3) is 0 Å². The number of fused-ring (bicyclic) bond motifs is 1. The summed E-state index contributed by atoms with van der Waals surface area (Å²) in [4.78, 5) is 8.59. The minimum Gasteiger partial charge on any atom is -0.493 e. The van der Waals surface area contributed by atoms with Crippen molar-refractivity contribution in [1.29, 1.82) is 0 Å². The Morgan fingerprint density at radius 3 is 2.93 bits per heavy atom. The average Bonchev–Trinajstić information content (AvgIpc) is 2.70. The van der Waals surface area contributed by atoms with Crippen LogP contribution in [0.15, 0.2) is 60.9 Å². The molecule has 0 fully saturated rings. The van der Waals surface area contributed by atoms with Gasteiger partial charge in [-0.1, -0.05) is 12.1 Å². The molecule has 27 heavy (non-hydrogen) atoms. The zero-order valence-electron chi connectivity index (χ0n) is 15.2. The summed E-state index contributed by atoms with van der Waals surface area (Å²) in [5.74, 6) is 1.39. The van der Waals surface area contributed by atoms with E-state index in [-0.39, 0.29) is 5.92 Å². The van der Waals surface area contributed by atoms with Crippen LogP contribution < -0.4 is 9.47 Å². The predicted octanol–water partition coefficient (Wildman–Crippen LogP) is 3.65. The van der Waals surface area contributed by atoms with Crippen molar-refractivity contribution in [3.8, 4) is 11.5 Å². The average molecular weight is 362 g/mol. The van der Waals surface area contributed by atoms with Gasteiger partial charge in [0.2, 0.25) is 0 Å². The van der Waals surface area contributed by atoms with Crippen LogP contribution in [0.2, 0.25) is 0 Å². The summed E-state index contributed by atoms with van der Waals surface area (Å²) in [5.41, 5.74) is 3.69. The van der Waals surface area contributed by atoms with Gasteiger partial charge >= 0.3 is 0 Å². The highest BCUT2D eigenvalue weighted by Crippen LogP contribution is 2.38. The number of aliphatic hydroxyl groups excluding tert-OH is 1. The van der Waals surface area contributed by atoms with Crippen molar-refractivity contribution in [3.63, 3.8) is 0 Å². The lowest BCUT2D eigenvalue weighted by molar-refractivity contribution is 0.0504. The Morgan fingerprint density at radius 2 is 2.11 bits per heavy atom. The largest absolute Gasteiger partial charge is 0.493 e. The molecule has 138 valence electrons. The maximum absolute atomic E-state index is 10.9. The SMILES string of the molecule is Cc1cccc(COc2ccc3c(c2)C(O)C(Cc2cccnc2)CO3)n1. The third-order valence-corrected chi connectivity index (χ3v) is 4.75. The molecule has 0 saturated heterocycles. The molecule has 4 rings (SSSR count). The van der Waals surface area contributed by atoms with Gasteiger partial charge in [-0.25, -0.2) is 0 Å². The third-order valence-electron chi connectivity index (χ3n) is 4.75. The Bertz CT molecular complexity index is 914. The molecule has 1 aliphatic heterocycles. The molecule has 0 spiro atoms. The molecular weight excluding hydrogens is 340 g/mol. The molecule has 3 aromatic rings. The van der Waals surface area contributed by atoms with Crippen LogP contribution in [0, 0.1) is 12.8 Å². The first-order valence-electron chi connectivity index (χ1n) is 9.08. The van der Waals surface area contributed by atoms with Crippen LogP contribution in [0.3, 0.4) is 0 Å². The Balaban J connectivity index is 1.47. The van der Waals surface area contributed by atoms with Gasteiger partial charge in [-0.15, -0.1) is 0 Å². The number of hydrogen-bond acceptors (Lipinski definition) is 5. The molecule has 1 aliphatic rings. The van der Waals surface area contributed by atoms with E-state index in [1.54, 1.807) is 6.20 Å². The fraction of sp³-hybridized carbons (Fsp3) is 0.273. The van der Waals surface area contributed by atoms with Crippen LogP contribution in [0.1, 0.15) is 28.6 Å². The lowest BCUT2D eigenvalue weighted by atomic mass is 9.88. The van der Waals surface area contributed by atoms with Crippen LogP contribution >= 0.6 is 0 Å². The topological polar surface area (TPSA) is 64.5 Å². The molecule has 5 nitrogen and oxygen atoms in total. The maximum Gasteiger partial charge on any atom is 0.130 e. The van der Waals surface area contributed by atoms with E-state index in [0.29, 0.717) is 31.1 Å². The van der Waals surface area contributed by atoms with Gasteiger partial charge in [0.05, 0.1) is 18.4 Å². The number of pyridine rings is 2. The number of aliphatic hydroxyl groups is 1. The minimum absolute atomic E-state index is 0.0182. The monoisotopic (exact) mass is 362 g/mol. The van der Waals surface area contributed by atoms with Crippen LogP contribution in [0.4, 0.5) is 0 Å². The quantitative estimate of drug-likeness (QED) is 0.751. The lowest BCUT2D eigenvalue weighted by Gasteiger charge is -2.30. The normalized spacial score (nSPS) is 18.4. The van der Waals surface area contributed by atoms with E-state index in [1.807, 2.05) is 61.7 Å². The van der Waals surface area contributed by atoms with Gasteiger partial charge in [0.1, 0.15) is 18.1 Å². The van der Waals surface area contributed by atoms with Gasteiger partial charge in [0, 0.05) is 29.6 Å². The zero-order chi connectivity index (χ0) is 18.6. The molecule has 2 atom stereocenters. The number of aryl methyl sites for hydroxylation is 1. The highest BCUT2D eigenvalue weighted by molar-refractivity contribution is 5.43. The summed E-state index contributed by atoms with van der Waals surface area (Å²) in [6.45, 7) is 2.82. The number of rotatable bonds is 5. The fourth-order valence-electron chi connectivity index (χ4n) is 3.35. The second-order valence-electron chi connectivity index (χ2n) is 6.84. The van der Waals surface area contributed by atoms with Crippen LogP contribution in [0.5, 0.6) is 11.5 Å². The Labute approximate surface area is 158 Å². The molecular formula is C22H22N2O3. The second kappa shape index (κ2) is 7.76. The van der Waals surface area contributed by atoms with Crippen molar-refractivity contribution in [3.05, 3.63) is 83.4 Å². The lowest BCUT2D eigenvalue weighted by Crippen LogP contribution is -2.27. The molecule has 5 heteroatoms. The Hall–Kier alpha value is -2.92. The molecule has 0 radical (unpaired) electrons.